The molecule has 1 aliphatic heterocycles. The van der Waals surface area contributed by atoms with Gasteiger partial charge in [0.2, 0.25) is 0 Å². The average molecular weight is 314 g/mol. The number of piperazine rings is 1. The molecule has 0 unspecified atom stereocenters. The first-order valence-electron chi connectivity index (χ1n) is 8.37. The number of aliphatic hydroxyl groups excluding tert-OH is 1. The summed E-state index contributed by atoms with van der Waals surface area (Å²) in [5.41, 5.74) is 1.61. The van der Waals surface area contributed by atoms with E-state index in [1.807, 2.05) is 23.1 Å². The number of aromatic amines is 1. The molecule has 6 heteroatoms. The molecule has 2 aliphatic rings. The molecule has 2 heterocycles. The molecule has 1 saturated heterocycles. The Balaban J connectivity index is 1.46. The number of H-pyrrole nitrogens is 1. The van der Waals surface area contributed by atoms with Gasteiger partial charge in [-0.1, -0.05) is 6.07 Å². The van der Waals surface area contributed by atoms with Crippen LogP contribution in [-0.2, 0) is 0 Å². The summed E-state index contributed by atoms with van der Waals surface area (Å²) in [7, 11) is 0. The molecule has 1 aromatic heterocycles. The number of amides is 1. The standard InChI is InChI=1S/C17H22N4O2/c22-16-6-2-5-15(16)20-7-9-21(10-8-20)17(23)12-3-1-4-14-13(12)11-18-19-14/h1,3-4,11,15-16,22H,2,5-10H2,(H,18,19)/t15-,16-/m1/s1. The summed E-state index contributed by atoms with van der Waals surface area (Å²) in [6.45, 7) is 3.12. The van der Waals surface area contributed by atoms with Gasteiger partial charge >= 0.3 is 0 Å². The highest BCUT2D eigenvalue weighted by molar-refractivity contribution is 6.06. The number of aromatic nitrogens is 2. The molecule has 1 aromatic carbocycles. The van der Waals surface area contributed by atoms with Crippen molar-refractivity contribution in [1.29, 1.82) is 0 Å². The molecule has 6 nitrogen and oxygen atoms in total. The second kappa shape index (κ2) is 5.94. The number of hydrogen-bond donors (Lipinski definition) is 2. The summed E-state index contributed by atoms with van der Waals surface area (Å²) < 4.78 is 0. The summed E-state index contributed by atoms with van der Waals surface area (Å²) in [5, 5.41) is 17.9. The first-order chi connectivity index (χ1) is 11.2. The normalized spacial score (nSPS) is 26.0. The molecule has 0 bridgehead atoms. The Hall–Kier alpha value is -1.92. The lowest BCUT2D eigenvalue weighted by atomic mass is 10.1. The molecular weight excluding hydrogens is 292 g/mol. The van der Waals surface area contributed by atoms with Gasteiger partial charge in [0.15, 0.2) is 0 Å². The van der Waals surface area contributed by atoms with Gasteiger partial charge in [-0.2, -0.15) is 5.10 Å². The number of hydrogen-bond acceptors (Lipinski definition) is 4. The van der Waals surface area contributed by atoms with Gasteiger partial charge in [-0.15, -0.1) is 0 Å². The first-order valence-corrected chi connectivity index (χ1v) is 8.37. The Morgan fingerprint density at radius 2 is 2.04 bits per heavy atom. The third kappa shape index (κ3) is 2.62. The zero-order chi connectivity index (χ0) is 15.8. The third-order valence-corrected chi connectivity index (χ3v) is 5.23. The van der Waals surface area contributed by atoms with E-state index < -0.39 is 0 Å². The zero-order valence-corrected chi connectivity index (χ0v) is 13.1. The number of carbonyl (C=O) groups is 1. The maximum Gasteiger partial charge on any atom is 0.254 e. The maximum absolute atomic E-state index is 12.8. The molecule has 0 spiro atoms. The minimum Gasteiger partial charge on any atom is -0.391 e. The van der Waals surface area contributed by atoms with Gasteiger partial charge in [-0.3, -0.25) is 14.8 Å². The van der Waals surface area contributed by atoms with Crippen LogP contribution in [-0.4, -0.2) is 69.3 Å². The van der Waals surface area contributed by atoms with E-state index in [9.17, 15) is 9.90 Å². The quantitative estimate of drug-likeness (QED) is 0.874. The number of aliphatic hydroxyl groups is 1. The minimum atomic E-state index is -0.197. The average Bonchev–Trinajstić information content (AvgIpc) is 3.22. The van der Waals surface area contributed by atoms with E-state index in [1.165, 1.54) is 0 Å². The van der Waals surface area contributed by atoms with Crippen LogP contribution < -0.4 is 0 Å². The molecule has 1 saturated carbocycles. The molecule has 4 rings (SSSR count). The fourth-order valence-corrected chi connectivity index (χ4v) is 3.93. The van der Waals surface area contributed by atoms with E-state index in [-0.39, 0.29) is 18.1 Å². The van der Waals surface area contributed by atoms with E-state index in [0.29, 0.717) is 5.56 Å². The highest BCUT2D eigenvalue weighted by Gasteiger charge is 2.33. The van der Waals surface area contributed by atoms with Crippen LogP contribution in [0.4, 0.5) is 0 Å². The first kappa shape index (κ1) is 14.7. The molecule has 1 amide bonds. The van der Waals surface area contributed by atoms with E-state index in [0.717, 1.165) is 56.3 Å². The van der Waals surface area contributed by atoms with Crippen molar-refractivity contribution in [1.82, 2.24) is 20.0 Å². The maximum atomic E-state index is 12.8. The van der Waals surface area contributed by atoms with E-state index in [4.69, 9.17) is 0 Å². The summed E-state index contributed by atoms with van der Waals surface area (Å²) in [6, 6.07) is 5.97. The Bertz CT molecular complexity index is 705. The van der Waals surface area contributed by atoms with Crippen LogP contribution in [0.5, 0.6) is 0 Å². The van der Waals surface area contributed by atoms with Crippen LogP contribution in [0, 0.1) is 0 Å². The predicted molar refractivity (Wildman–Crippen MR) is 87.2 cm³/mol. The summed E-state index contributed by atoms with van der Waals surface area (Å²) in [5.74, 6) is 0.0728. The lowest BCUT2D eigenvalue weighted by molar-refractivity contribution is 0.0316. The van der Waals surface area contributed by atoms with Gasteiger partial charge in [0.25, 0.3) is 5.91 Å². The molecule has 122 valence electrons. The van der Waals surface area contributed by atoms with Crippen molar-refractivity contribution in [3.8, 4) is 0 Å². The second-order valence-corrected chi connectivity index (χ2v) is 6.53. The molecule has 1 aliphatic carbocycles. The largest absolute Gasteiger partial charge is 0.391 e. The van der Waals surface area contributed by atoms with Crippen LogP contribution in [0.3, 0.4) is 0 Å². The van der Waals surface area contributed by atoms with Crippen LogP contribution in [0.15, 0.2) is 24.4 Å². The lowest BCUT2D eigenvalue weighted by Gasteiger charge is -2.39. The monoisotopic (exact) mass is 314 g/mol. The van der Waals surface area contributed by atoms with Gasteiger partial charge in [-0.05, 0) is 31.4 Å². The topological polar surface area (TPSA) is 72.5 Å². The molecule has 2 N–H and O–H groups in total. The smallest absolute Gasteiger partial charge is 0.254 e. The highest BCUT2D eigenvalue weighted by atomic mass is 16.3. The van der Waals surface area contributed by atoms with Crippen LogP contribution in [0.1, 0.15) is 29.6 Å². The Morgan fingerprint density at radius 3 is 2.78 bits per heavy atom. The van der Waals surface area contributed by atoms with E-state index in [2.05, 4.69) is 15.1 Å². The number of nitrogens with zero attached hydrogens (tertiary/aromatic N) is 3. The Labute approximate surface area is 135 Å². The number of rotatable bonds is 2. The SMILES string of the molecule is O=C(c1cccc2[nH]ncc12)N1CCN([C@@H]2CCC[C@H]2O)CC1. The number of benzene rings is 1. The second-order valence-electron chi connectivity index (χ2n) is 6.53. The minimum absolute atomic E-state index is 0.0728. The van der Waals surface area contributed by atoms with Gasteiger partial charge < -0.3 is 10.0 Å². The molecule has 2 fully saturated rings. The lowest BCUT2D eigenvalue weighted by Crippen LogP contribution is -2.53. The van der Waals surface area contributed by atoms with Gasteiger partial charge in [0.05, 0.1) is 23.4 Å². The van der Waals surface area contributed by atoms with Crippen molar-refractivity contribution in [2.75, 3.05) is 26.2 Å². The van der Waals surface area contributed by atoms with Crippen molar-refractivity contribution in [2.45, 2.75) is 31.4 Å². The fraction of sp³-hybridized carbons (Fsp3) is 0.529. The van der Waals surface area contributed by atoms with Crippen LogP contribution >= 0.6 is 0 Å². The Morgan fingerprint density at radius 1 is 1.22 bits per heavy atom. The molecule has 2 aromatic rings. The van der Waals surface area contributed by atoms with Crippen molar-refractivity contribution < 1.29 is 9.90 Å². The van der Waals surface area contributed by atoms with Crippen molar-refractivity contribution in [3.63, 3.8) is 0 Å². The zero-order valence-electron chi connectivity index (χ0n) is 13.1. The number of fused-ring (bicyclic) bond motifs is 1. The van der Waals surface area contributed by atoms with Crippen LogP contribution in [0.2, 0.25) is 0 Å². The van der Waals surface area contributed by atoms with Gasteiger partial charge in [0.1, 0.15) is 0 Å². The fourth-order valence-electron chi connectivity index (χ4n) is 3.93. The highest BCUT2D eigenvalue weighted by Crippen LogP contribution is 2.26. The molecule has 23 heavy (non-hydrogen) atoms. The predicted octanol–water partition coefficient (Wildman–Crippen LogP) is 1.23. The van der Waals surface area contributed by atoms with Crippen molar-refractivity contribution in [2.24, 2.45) is 0 Å². The third-order valence-electron chi connectivity index (χ3n) is 5.23. The van der Waals surface area contributed by atoms with E-state index in [1.54, 1.807) is 6.20 Å². The Kier molecular flexibility index (Phi) is 3.79. The number of carbonyl (C=O) groups excluding carboxylic acids is 1. The molecule has 2 atom stereocenters. The summed E-state index contributed by atoms with van der Waals surface area (Å²) in [4.78, 5) is 17.1. The molecular formula is C17H22N4O2. The van der Waals surface area contributed by atoms with E-state index >= 15 is 0 Å². The van der Waals surface area contributed by atoms with Crippen molar-refractivity contribution >= 4 is 16.8 Å². The summed E-state index contributed by atoms with van der Waals surface area (Å²) in [6.07, 6.45) is 4.61. The van der Waals surface area contributed by atoms with Crippen molar-refractivity contribution in [3.05, 3.63) is 30.0 Å². The van der Waals surface area contributed by atoms with Gasteiger partial charge in [0, 0.05) is 37.6 Å². The summed E-state index contributed by atoms with van der Waals surface area (Å²) >= 11 is 0. The molecule has 0 radical (unpaired) electrons. The van der Waals surface area contributed by atoms with Gasteiger partial charge in [-0.25, -0.2) is 0 Å². The number of nitrogens with one attached hydrogen (secondary N) is 1. The van der Waals surface area contributed by atoms with Crippen LogP contribution in [0.25, 0.3) is 10.9 Å².